The number of rotatable bonds is 5. The van der Waals surface area contributed by atoms with Crippen LogP contribution in [-0.2, 0) is 4.79 Å². The minimum Gasteiger partial charge on any atom is -0.360 e. The third-order valence-corrected chi connectivity index (χ3v) is 2.85. The van der Waals surface area contributed by atoms with Crippen molar-refractivity contribution in [3.05, 3.63) is 36.0 Å². The van der Waals surface area contributed by atoms with E-state index in [2.05, 4.69) is 15.6 Å². The van der Waals surface area contributed by atoms with Crippen molar-refractivity contribution in [1.29, 1.82) is 0 Å². The summed E-state index contributed by atoms with van der Waals surface area (Å²) in [5, 5.41) is 6.32. The van der Waals surface area contributed by atoms with Crippen LogP contribution in [0.5, 0.6) is 0 Å². The van der Waals surface area contributed by atoms with Gasteiger partial charge in [0.05, 0.1) is 5.56 Å². The smallest absolute Gasteiger partial charge is 0.253 e. The maximum Gasteiger partial charge on any atom is 0.253 e. The molecular weight excluding hydrogens is 242 g/mol. The van der Waals surface area contributed by atoms with E-state index in [4.69, 9.17) is 0 Å². The second kappa shape index (κ2) is 6.04. The lowest BCUT2D eigenvalue weighted by atomic mass is 10.1. The van der Waals surface area contributed by atoms with Crippen molar-refractivity contribution in [2.24, 2.45) is 0 Å². The van der Waals surface area contributed by atoms with Gasteiger partial charge in [-0.1, -0.05) is 18.2 Å². The third-order valence-electron chi connectivity index (χ3n) is 2.85. The summed E-state index contributed by atoms with van der Waals surface area (Å²) in [7, 11) is 0. The SMILES string of the molecule is CCNC(=O)CCNC(=O)c1c[nH]c2ccccc12. The number of aromatic nitrogens is 1. The van der Waals surface area contributed by atoms with Gasteiger partial charge in [0.25, 0.3) is 5.91 Å². The number of carbonyl (C=O) groups excluding carboxylic acids is 2. The van der Waals surface area contributed by atoms with E-state index in [1.807, 2.05) is 31.2 Å². The summed E-state index contributed by atoms with van der Waals surface area (Å²) < 4.78 is 0. The molecule has 5 nitrogen and oxygen atoms in total. The molecule has 0 bridgehead atoms. The van der Waals surface area contributed by atoms with E-state index in [0.29, 0.717) is 25.1 Å². The van der Waals surface area contributed by atoms with Gasteiger partial charge in [0.15, 0.2) is 0 Å². The van der Waals surface area contributed by atoms with Crippen molar-refractivity contribution >= 4 is 22.7 Å². The minimum absolute atomic E-state index is 0.0540. The van der Waals surface area contributed by atoms with Crippen LogP contribution >= 0.6 is 0 Å². The zero-order valence-electron chi connectivity index (χ0n) is 10.8. The van der Waals surface area contributed by atoms with Crippen LogP contribution in [0.2, 0.25) is 0 Å². The number of fused-ring (bicyclic) bond motifs is 1. The van der Waals surface area contributed by atoms with Crippen molar-refractivity contribution < 1.29 is 9.59 Å². The lowest BCUT2D eigenvalue weighted by Gasteiger charge is -2.04. The average Bonchev–Trinajstić information content (AvgIpc) is 2.82. The lowest BCUT2D eigenvalue weighted by Crippen LogP contribution is -2.30. The molecule has 1 heterocycles. The van der Waals surface area contributed by atoms with Crippen LogP contribution in [0.25, 0.3) is 10.9 Å². The van der Waals surface area contributed by atoms with Crippen LogP contribution in [0.15, 0.2) is 30.5 Å². The summed E-state index contributed by atoms with van der Waals surface area (Å²) in [4.78, 5) is 26.3. The van der Waals surface area contributed by atoms with Crippen molar-refractivity contribution in [3.63, 3.8) is 0 Å². The Labute approximate surface area is 111 Å². The molecule has 0 aliphatic heterocycles. The van der Waals surface area contributed by atoms with Gasteiger partial charge in [0.2, 0.25) is 5.91 Å². The van der Waals surface area contributed by atoms with Crippen molar-refractivity contribution in [2.45, 2.75) is 13.3 Å². The molecule has 5 heteroatoms. The van der Waals surface area contributed by atoms with Gasteiger partial charge in [-0.25, -0.2) is 0 Å². The molecule has 2 aromatic rings. The van der Waals surface area contributed by atoms with Gasteiger partial charge < -0.3 is 15.6 Å². The summed E-state index contributed by atoms with van der Waals surface area (Å²) in [6, 6.07) is 7.61. The number of H-pyrrole nitrogens is 1. The first kappa shape index (κ1) is 13.1. The van der Waals surface area contributed by atoms with Gasteiger partial charge in [-0.2, -0.15) is 0 Å². The van der Waals surface area contributed by atoms with Crippen LogP contribution in [0, 0.1) is 0 Å². The van der Waals surface area contributed by atoms with Crippen LogP contribution < -0.4 is 10.6 Å². The Morgan fingerprint density at radius 2 is 2.00 bits per heavy atom. The summed E-state index contributed by atoms with van der Waals surface area (Å²) in [5.41, 5.74) is 1.53. The number of carbonyl (C=O) groups is 2. The summed E-state index contributed by atoms with van der Waals surface area (Å²) in [6.07, 6.45) is 1.98. The number of aromatic amines is 1. The van der Waals surface area contributed by atoms with Gasteiger partial charge in [0.1, 0.15) is 0 Å². The predicted molar refractivity (Wildman–Crippen MR) is 73.9 cm³/mol. The fourth-order valence-corrected chi connectivity index (χ4v) is 1.93. The van der Waals surface area contributed by atoms with E-state index in [-0.39, 0.29) is 11.8 Å². The predicted octanol–water partition coefficient (Wildman–Crippen LogP) is 1.42. The molecule has 0 aliphatic carbocycles. The Kier molecular flexibility index (Phi) is 4.18. The molecule has 2 rings (SSSR count). The maximum atomic E-state index is 12.0. The van der Waals surface area contributed by atoms with E-state index >= 15 is 0 Å². The molecule has 1 aromatic heterocycles. The molecule has 2 amide bonds. The average molecular weight is 259 g/mol. The Morgan fingerprint density at radius 1 is 1.21 bits per heavy atom. The van der Waals surface area contributed by atoms with Crippen molar-refractivity contribution in [3.8, 4) is 0 Å². The zero-order valence-corrected chi connectivity index (χ0v) is 10.8. The van der Waals surface area contributed by atoms with E-state index in [9.17, 15) is 9.59 Å². The Bertz CT molecular complexity index is 589. The number of hydrogen-bond donors (Lipinski definition) is 3. The fraction of sp³-hybridized carbons (Fsp3) is 0.286. The molecule has 100 valence electrons. The van der Waals surface area contributed by atoms with E-state index in [1.165, 1.54) is 0 Å². The van der Waals surface area contributed by atoms with E-state index in [0.717, 1.165) is 10.9 Å². The molecular formula is C14H17N3O2. The van der Waals surface area contributed by atoms with Crippen LogP contribution in [-0.4, -0.2) is 29.9 Å². The molecule has 0 saturated carbocycles. The largest absolute Gasteiger partial charge is 0.360 e. The normalized spacial score (nSPS) is 10.4. The monoisotopic (exact) mass is 259 g/mol. The number of amides is 2. The van der Waals surface area contributed by atoms with E-state index < -0.39 is 0 Å². The first-order valence-corrected chi connectivity index (χ1v) is 6.33. The second-order valence-electron chi connectivity index (χ2n) is 4.21. The Morgan fingerprint density at radius 3 is 2.79 bits per heavy atom. The van der Waals surface area contributed by atoms with Gasteiger partial charge in [-0.15, -0.1) is 0 Å². The second-order valence-corrected chi connectivity index (χ2v) is 4.21. The number of nitrogens with one attached hydrogen (secondary N) is 3. The molecule has 1 aromatic carbocycles. The molecule has 0 fully saturated rings. The third kappa shape index (κ3) is 3.13. The van der Waals surface area contributed by atoms with Gasteiger partial charge in [-0.05, 0) is 13.0 Å². The highest BCUT2D eigenvalue weighted by Crippen LogP contribution is 2.17. The van der Waals surface area contributed by atoms with Crippen LogP contribution in [0.1, 0.15) is 23.7 Å². The number of benzene rings is 1. The Balaban J connectivity index is 1.95. The topological polar surface area (TPSA) is 74.0 Å². The fourth-order valence-electron chi connectivity index (χ4n) is 1.93. The van der Waals surface area contributed by atoms with Gasteiger partial charge in [0, 0.05) is 36.6 Å². The van der Waals surface area contributed by atoms with Crippen LogP contribution in [0.3, 0.4) is 0 Å². The highest BCUT2D eigenvalue weighted by molar-refractivity contribution is 6.06. The standard InChI is InChI=1S/C14H17N3O2/c1-2-15-13(18)7-8-16-14(19)11-9-17-12-6-4-3-5-10(11)12/h3-6,9,17H,2,7-8H2,1H3,(H,15,18)(H,16,19). The first-order chi connectivity index (χ1) is 9.22. The molecule has 0 unspecified atom stereocenters. The highest BCUT2D eigenvalue weighted by Gasteiger charge is 2.11. The molecule has 0 aliphatic rings. The zero-order chi connectivity index (χ0) is 13.7. The summed E-state index contributed by atoms with van der Waals surface area (Å²) >= 11 is 0. The molecule has 0 spiro atoms. The van der Waals surface area contributed by atoms with E-state index in [1.54, 1.807) is 6.20 Å². The van der Waals surface area contributed by atoms with Gasteiger partial charge in [-0.3, -0.25) is 9.59 Å². The van der Waals surface area contributed by atoms with Crippen molar-refractivity contribution in [1.82, 2.24) is 15.6 Å². The quantitative estimate of drug-likeness (QED) is 0.759. The lowest BCUT2D eigenvalue weighted by molar-refractivity contribution is -0.120. The molecule has 3 N–H and O–H groups in total. The minimum atomic E-state index is -0.165. The Hall–Kier alpha value is -2.30. The number of para-hydroxylation sites is 1. The summed E-state index contributed by atoms with van der Waals surface area (Å²) in [5.74, 6) is -0.219. The molecule has 0 radical (unpaired) electrons. The van der Waals surface area contributed by atoms with Crippen LogP contribution in [0.4, 0.5) is 0 Å². The first-order valence-electron chi connectivity index (χ1n) is 6.33. The molecule has 0 atom stereocenters. The van der Waals surface area contributed by atoms with Gasteiger partial charge >= 0.3 is 0 Å². The number of hydrogen-bond acceptors (Lipinski definition) is 2. The molecule has 19 heavy (non-hydrogen) atoms. The molecule has 0 saturated heterocycles. The maximum absolute atomic E-state index is 12.0. The summed E-state index contributed by atoms with van der Waals surface area (Å²) in [6.45, 7) is 2.81. The highest BCUT2D eigenvalue weighted by atomic mass is 16.2. The van der Waals surface area contributed by atoms with Crippen molar-refractivity contribution in [2.75, 3.05) is 13.1 Å².